The van der Waals surface area contributed by atoms with Crippen LogP contribution >= 0.6 is 24.0 Å². The van der Waals surface area contributed by atoms with Gasteiger partial charge in [-0.05, 0) is 31.6 Å². The van der Waals surface area contributed by atoms with Crippen molar-refractivity contribution >= 4 is 51.7 Å². The summed E-state index contributed by atoms with van der Waals surface area (Å²) in [7, 11) is 0. The molecule has 1 aliphatic rings. The van der Waals surface area contributed by atoms with Gasteiger partial charge < -0.3 is 15.2 Å². The highest BCUT2D eigenvalue weighted by atomic mass is 32.2. The van der Waals surface area contributed by atoms with Crippen LogP contribution in [0.4, 0.5) is 5.82 Å². The zero-order valence-corrected chi connectivity index (χ0v) is 18.5. The topological polar surface area (TPSA) is 96.2 Å². The van der Waals surface area contributed by atoms with Crippen molar-refractivity contribution in [1.82, 2.24) is 14.3 Å². The minimum Gasteiger partial charge on any atom is -0.394 e. The molecule has 0 aliphatic carbocycles. The van der Waals surface area contributed by atoms with E-state index in [1.165, 1.54) is 16.2 Å². The van der Waals surface area contributed by atoms with Crippen LogP contribution in [-0.4, -0.2) is 62.0 Å². The van der Waals surface area contributed by atoms with E-state index in [1.54, 1.807) is 35.4 Å². The molecule has 1 saturated heterocycles. The van der Waals surface area contributed by atoms with E-state index in [2.05, 4.69) is 10.3 Å². The number of aliphatic hydroxyl groups is 1. The van der Waals surface area contributed by atoms with Crippen molar-refractivity contribution in [1.29, 1.82) is 0 Å². The average molecular weight is 449 g/mol. The maximum atomic E-state index is 13.1. The van der Waals surface area contributed by atoms with E-state index in [0.717, 1.165) is 6.42 Å². The van der Waals surface area contributed by atoms with Gasteiger partial charge in [0.2, 0.25) is 0 Å². The fourth-order valence-electron chi connectivity index (χ4n) is 2.95. The lowest BCUT2D eigenvalue weighted by Crippen LogP contribution is -2.36. The van der Waals surface area contributed by atoms with Crippen LogP contribution in [-0.2, 0) is 9.53 Å². The van der Waals surface area contributed by atoms with Gasteiger partial charge in [-0.15, -0.1) is 0 Å². The van der Waals surface area contributed by atoms with Crippen molar-refractivity contribution in [2.75, 3.05) is 31.7 Å². The first-order valence-electron chi connectivity index (χ1n) is 9.68. The van der Waals surface area contributed by atoms with E-state index >= 15 is 0 Å². The van der Waals surface area contributed by atoms with Gasteiger partial charge in [0.1, 0.15) is 15.8 Å². The minimum atomic E-state index is -0.284. The Morgan fingerprint density at radius 1 is 1.37 bits per heavy atom. The summed E-state index contributed by atoms with van der Waals surface area (Å²) in [5, 5.41) is 11.9. The molecule has 3 heterocycles. The molecule has 3 rings (SSSR count). The Balaban J connectivity index is 1.99. The molecule has 1 aliphatic heterocycles. The highest BCUT2D eigenvalue weighted by molar-refractivity contribution is 8.26. The number of hydrogen-bond acceptors (Lipinski definition) is 8. The predicted molar refractivity (Wildman–Crippen MR) is 123 cm³/mol. The van der Waals surface area contributed by atoms with Crippen molar-refractivity contribution in [3.05, 3.63) is 45.2 Å². The Kier molecular flexibility index (Phi) is 7.59. The molecule has 1 atom stereocenters. The summed E-state index contributed by atoms with van der Waals surface area (Å²) < 4.78 is 7.18. The van der Waals surface area contributed by atoms with Crippen molar-refractivity contribution < 1.29 is 14.6 Å². The van der Waals surface area contributed by atoms with Gasteiger partial charge >= 0.3 is 0 Å². The number of aliphatic hydroxyl groups excluding tert-OH is 1. The van der Waals surface area contributed by atoms with Crippen molar-refractivity contribution in [2.24, 2.45) is 0 Å². The SMILES string of the molecule is CCC(C)N1C(=O)/C(=C/c2c(NCCOCCO)nc3ccccn3c2=O)SC1=S. The number of nitrogens with zero attached hydrogens (tertiary/aromatic N) is 3. The molecule has 8 nitrogen and oxygen atoms in total. The summed E-state index contributed by atoms with van der Waals surface area (Å²) in [5.74, 6) is 0.168. The monoisotopic (exact) mass is 448 g/mol. The van der Waals surface area contributed by atoms with Crippen LogP contribution in [0.3, 0.4) is 0 Å². The molecule has 0 saturated carbocycles. The number of anilines is 1. The van der Waals surface area contributed by atoms with Crippen molar-refractivity contribution in [2.45, 2.75) is 26.3 Å². The zero-order valence-electron chi connectivity index (χ0n) is 16.8. The second kappa shape index (κ2) is 10.2. The average Bonchev–Trinajstić information content (AvgIpc) is 3.02. The van der Waals surface area contributed by atoms with E-state index in [0.29, 0.717) is 33.8 Å². The number of carbonyl (C=O) groups is 1. The van der Waals surface area contributed by atoms with Gasteiger partial charge in [0.05, 0.1) is 30.3 Å². The molecule has 30 heavy (non-hydrogen) atoms. The van der Waals surface area contributed by atoms with Gasteiger partial charge in [-0.25, -0.2) is 4.98 Å². The van der Waals surface area contributed by atoms with Crippen LogP contribution in [0.15, 0.2) is 34.1 Å². The lowest BCUT2D eigenvalue weighted by molar-refractivity contribution is -0.123. The maximum Gasteiger partial charge on any atom is 0.267 e. The standard InChI is InChI=1S/C20H24N4O4S2/c1-3-13(2)24-19(27)15(30-20(24)29)12-14-17(21-7-10-28-11-9-25)22-16-6-4-5-8-23(16)18(14)26/h4-6,8,12-13,21,25H,3,7,9-11H2,1-2H3/b15-12-. The maximum absolute atomic E-state index is 13.1. The van der Waals surface area contributed by atoms with Crippen LogP contribution < -0.4 is 10.9 Å². The number of nitrogens with one attached hydrogen (secondary N) is 1. The Labute approximate surface area is 183 Å². The van der Waals surface area contributed by atoms with E-state index in [9.17, 15) is 9.59 Å². The number of pyridine rings is 1. The molecule has 10 heteroatoms. The van der Waals surface area contributed by atoms with Gasteiger partial charge in [0.25, 0.3) is 11.5 Å². The molecule has 1 unspecified atom stereocenters. The first-order valence-corrected chi connectivity index (χ1v) is 10.9. The Bertz CT molecular complexity index is 1040. The van der Waals surface area contributed by atoms with Gasteiger partial charge in [0.15, 0.2) is 0 Å². The fourth-order valence-corrected chi connectivity index (χ4v) is 4.39. The third kappa shape index (κ3) is 4.72. The first-order chi connectivity index (χ1) is 14.5. The third-order valence-corrected chi connectivity index (χ3v) is 6.00. The Morgan fingerprint density at radius 3 is 2.90 bits per heavy atom. The van der Waals surface area contributed by atoms with Crippen LogP contribution in [0, 0.1) is 0 Å². The minimum absolute atomic E-state index is 0.0134. The normalized spacial score (nSPS) is 16.6. The lowest BCUT2D eigenvalue weighted by atomic mass is 10.2. The largest absolute Gasteiger partial charge is 0.394 e. The summed E-state index contributed by atoms with van der Waals surface area (Å²) >= 11 is 6.57. The quantitative estimate of drug-likeness (QED) is 0.342. The summed E-state index contributed by atoms with van der Waals surface area (Å²) in [6.45, 7) is 4.85. The second-order valence-electron chi connectivity index (χ2n) is 6.68. The molecule has 1 fully saturated rings. The molecule has 0 spiro atoms. The number of fused-ring (bicyclic) bond motifs is 1. The number of ether oxygens (including phenoxy) is 1. The number of thioether (sulfide) groups is 1. The van der Waals surface area contributed by atoms with Crippen LogP contribution in [0.5, 0.6) is 0 Å². The fraction of sp³-hybridized carbons (Fsp3) is 0.400. The molecule has 0 radical (unpaired) electrons. The van der Waals surface area contributed by atoms with Gasteiger partial charge in [-0.1, -0.05) is 37.0 Å². The molecular weight excluding hydrogens is 424 g/mol. The number of hydrogen-bond donors (Lipinski definition) is 2. The molecule has 0 bridgehead atoms. The number of amides is 1. The summed E-state index contributed by atoms with van der Waals surface area (Å²) in [6, 6.07) is 5.27. The van der Waals surface area contributed by atoms with E-state index < -0.39 is 0 Å². The lowest BCUT2D eigenvalue weighted by Gasteiger charge is -2.21. The molecule has 2 aromatic heterocycles. The smallest absolute Gasteiger partial charge is 0.267 e. The molecule has 160 valence electrons. The summed E-state index contributed by atoms with van der Waals surface area (Å²) in [4.78, 5) is 32.6. The molecule has 1 amide bonds. The second-order valence-corrected chi connectivity index (χ2v) is 8.36. The number of aromatic nitrogens is 2. The number of thiocarbonyl (C=S) groups is 1. The van der Waals surface area contributed by atoms with E-state index in [-0.39, 0.29) is 36.3 Å². The van der Waals surface area contributed by atoms with E-state index in [1.807, 2.05) is 13.8 Å². The predicted octanol–water partition coefficient (Wildman–Crippen LogP) is 2.12. The Morgan fingerprint density at radius 2 is 2.17 bits per heavy atom. The number of carbonyl (C=O) groups excluding carboxylic acids is 1. The van der Waals surface area contributed by atoms with Gasteiger partial charge in [-0.2, -0.15) is 0 Å². The van der Waals surface area contributed by atoms with Crippen LogP contribution in [0.25, 0.3) is 11.7 Å². The summed E-state index contributed by atoms with van der Waals surface area (Å²) in [6.07, 6.45) is 3.98. The molecule has 0 aromatic carbocycles. The third-order valence-electron chi connectivity index (χ3n) is 4.67. The zero-order chi connectivity index (χ0) is 21.7. The molecule has 2 aromatic rings. The highest BCUT2D eigenvalue weighted by Crippen LogP contribution is 2.34. The summed E-state index contributed by atoms with van der Waals surface area (Å²) in [5.41, 5.74) is 0.490. The molecule has 2 N–H and O–H groups in total. The first kappa shape index (κ1) is 22.4. The van der Waals surface area contributed by atoms with Gasteiger partial charge in [-0.3, -0.25) is 18.9 Å². The Hall–Kier alpha value is -2.27. The van der Waals surface area contributed by atoms with E-state index in [4.69, 9.17) is 22.1 Å². The highest BCUT2D eigenvalue weighted by Gasteiger charge is 2.35. The van der Waals surface area contributed by atoms with Crippen LogP contribution in [0.2, 0.25) is 0 Å². The number of rotatable bonds is 9. The van der Waals surface area contributed by atoms with Gasteiger partial charge in [0, 0.05) is 18.8 Å². The van der Waals surface area contributed by atoms with Crippen molar-refractivity contribution in [3.63, 3.8) is 0 Å². The molecular formula is C20H24N4O4S2. The van der Waals surface area contributed by atoms with Crippen LogP contribution in [0.1, 0.15) is 25.8 Å². The van der Waals surface area contributed by atoms with Crippen molar-refractivity contribution in [3.8, 4) is 0 Å².